The van der Waals surface area contributed by atoms with Crippen molar-refractivity contribution < 1.29 is 18.8 Å². The summed E-state index contributed by atoms with van der Waals surface area (Å²) in [6, 6.07) is 12.1. The van der Waals surface area contributed by atoms with Crippen LogP contribution in [0.5, 0.6) is 0 Å². The highest BCUT2D eigenvalue weighted by Crippen LogP contribution is 2.28. The number of hydrogen-bond acceptors (Lipinski definition) is 5. The maximum atomic E-state index is 13.5. The molecule has 0 unspecified atom stereocenters. The van der Waals surface area contributed by atoms with Crippen LogP contribution < -0.4 is 10.6 Å². The highest BCUT2D eigenvalue weighted by atomic mass is 16.3. The first kappa shape index (κ1) is 23.3. The van der Waals surface area contributed by atoms with Gasteiger partial charge in [0.1, 0.15) is 11.9 Å². The second kappa shape index (κ2) is 9.17. The lowest BCUT2D eigenvalue weighted by molar-refractivity contribution is -0.124. The molecule has 2 aromatic heterocycles. The monoisotopic (exact) mass is 463 g/mol. The third-order valence-electron chi connectivity index (χ3n) is 5.92. The number of benzene rings is 1. The number of aromatic nitrogens is 2. The van der Waals surface area contributed by atoms with Gasteiger partial charge in [0.25, 0.3) is 11.8 Å². The maximum Gasteiger partial charge on any atom is 0.289 e. The molecule has 0 aliphatic carbocycles. The molecular formula is C25H29N5O4. The number of imidazole rings is 1. The molecule has 3 aromatic rings. The number of carbonyl (C=O) groups is 3. The molecule has 9 heteroatoms. The topological polar surface area (TPSA) is 109 Å². The number of amides is 3. The van der Waals surface area contributed by atoms with Crippen LogP contribution in [-0.2, 0) is 17.9 Å². The molecule has 3 amide bonds. The van der Waals surface area contributed by atoms with E-state index in [0.29, 0.717) is 24.6 Å². The van der Waals surface area contributed by atoms with E-state index in [1.807, 2.05) is 55.7 Å². The summed E-state index contributed by atoms with van der Waals surface area (Å²) in [6.07, 6.45) is 1.46. The van der Waals surface area contributed by atoms with Gasteiger partial charge in [-0.05, 0) is 17.5 Å². The van der Waals surface area contributed by atoms with Gasteiger partial charge in [-0.2, -0.15) is 0 Å². The van der Waals surface area contributed by atoms with Crippen molar-refractivity contribution in [2.24, 2.45) is 5.41 Å². The number of nitrogens with one attached hydrogen (secondary N) is 2. The standard InChI is InChI=1S/C25H29N5O4/c1-25(2,3)20(23(32)26-4)28-22(31)19-17-15-29(24(33)18-11-8-14-34-18)12-13-30(17)21(27-19)16-9-6-5-7-10-16/h5-11,14,20H,12-13,15H2,1-4H3,(H,26,32)(H,28,31)/t20-/m1/s1. The Kier molecular flexibility index (Phi) is 6.28. The number of rotatable bonds is 5. The summed E-state index contributed by atoms with van der Waals surface area (Å²) in [7, 11) is 1.54. The number of hydrogen-bond donors (Lipinski definition) is 2. The van der Waals surface area contributed by atoms with Gasteiger partial charge in [-0.25, -0.2) is 4.98 Å². The predicted octanol–water partition coefficient (Wildman–Crippen LogP) is 2.69. The van der Waals surface area contributed by atoms with Crippen molar-refractivity contribution in [1.82, 2.24) is 25.1 Å². The Morgan fingerprint density at radius 1 is 1.06 bits per heavy atom. The number of fused-ring (bicyclic) bond motifs is 1. The first-order valence-electron chi connectivity index (χ1n) is 11.2. The van der Waals surface area contributed by atoms with Gasteiger partial charge in [0.05, 0.1) is 18.5 Å². The SMILES string of the molecule is CNC(=O)[C@@H](NC(=O)c1nc(-c2ccccc2)n2c1CN(C(=O)c1ccco1)CC2)C(C)(C)C. The minimum atomic E-state index is -0.757. The number of carbonyl (C=O) groups excluding carboxylic acids is 3. The van der Waals surface area contributed by atoms with Gasteiger partial charge in [-0.1, -0.05) is 51.1 Å². The summed E-state index contributed by atoms with van der Waals surface area (Å²) in [5, 5.41) is 5.48. The zero-order valence-electron chi connectivity index (χ0n) is 19.8. The van der Waals surface area contributed by atoms with Crippen LogP contribution in [-0.4, -0.2) is 51.8 Å². The van der Waals surface area contributed by atoms with E-state index in [0.717, 1.165) is 5.56 Å². The van der Waals surface area contributed by atoms with Crippen LogP contribution in [0.25, 0.3) is 11.4 Å². The quantitative estimate of drug-likeness (QED) is 0.605. The molecule has 1 atom stereocenters. The fourth-order valence-corrected chi connectivity index (χ4v) is 4.11. The van der Waals surface area contributed by atoms with E-state index in [4.69, 9.17) is 9.40 Å². The van der Waals surface area contributed by atoms with Gasteiger partial charge in [0.2, 0.25) is 5.91 Å². The highest BCUT2D eigenvalue weighted by molar-refractivity contribution is 5.98. The van der Waals surface area contributed by atoms with E-state index in [1.54, 1.807) is 17.0 Å². The molecule has 1 aliphatic rings. The lowest BCUT2D eigenvalue weighted by atomic mass is 9.86. The summed E-state index contributed by atoms with van der Waals surface area (Å²) in [5.74, 6) is -0.0932. The van der Waals surface area contributed by atoms with Gasteiger partial charge in [-0.15, -0.1) is 0 Å². The molecule has 0 bridgehead atoms. The Labute approximate surface area is 198 Å². The van der Waals surface area contributed by atoms with Gasteiger partial charge in [0.15, 0.2) is 11.5 Å². The summed E-state index contributed by atoms with van der Waals surface area (Å²) < 4.78 is 7.25. The Bertz CT molecular complexity index is 1190. The van der Waals surface area contributed by atoms with Crippen LogP contribution in [0.1, 0.15) is 47.5 Å². The molecule has 0 saturated carbocycles. The normalized spacial score (nSPS) is 14.3. The van der Waals surface area contributed by atoms with Gasteiger partial charge < -0.3 is 24.5 Å². The van der Waals surface area contributed by atoms with Crippen molar-refractivity contribution in [3.05, 3.63) is 65.9 Å². The predicted molar refractivity (Wildman–Crippen MR) is 126 cm³/mol. The average molecular weight is 464 g/mol. The van der Waals surface area contributed by atoms with E-state index in [-0.39, 0.29) is 29.8 Å². The Balaban J connectivity index is 1.72. The zero-order valence-corrected chi connectivity index (χ0v) is 19.8. The molecule has 0 radical (unpaired) electrons. The van der Waals surface area contributed by atoms with E-state index >= 15 is 0 Å². The van der Waals surface area contributed by atoms with Gasteiger partial charge >= 0.3 is 0 Å². The fraction of sp³-hybridized carbons (Fsp3) is 0.360. The van der Waals surface area contributed by atoms with Crippen LogP contribution in [0.4, 0.5) is 0 Å². The van der Waals surface area contributed by atoms with E-state index in [9.17, 15) is 14.4 Å². The van der Waals surface area contributed by atoms with Crippen LogP contribution in [0.3, 0.4) is 0 Å². The Morgan fingerprint density at radius 3 is 2.41 bits per heavy atom. The first-order chi connectivity index (χ1) is 16.2. The Hall–Kier alpha value is -3.88. The molecule has 9 nitrogen and oxygen atoms in total. The summed E-state index contributed by atoms with van der Waals surface area (Å²) in [6.45, 7) is 6.78. The van der Waals surface area contributed by atoms with Crippen LogP contribution in [0.15, 0.2) is 53.1 Å². The molecule has 3 heterocycles. The van der Waals surface area contributed by atoms with Crippen LogP contribution >= 0.6 is 0 Å². The van der Waals surface area contributed by atoms with Crippen molar-refractivity contribution in [3.8, 4) is 11.4 Å². The van der Waals surface area contributed by atoms with Crippen molar-refractivity contribution >= 4 is 17.7 Å². The van der Waals surface area contributed by atoms with Crippen LogP contribution in [0, 0.1) is 5.41 Å². The Morgan fingerprint density at radius 2 is 1.79 bits per heavy atom. The molecule has 0 fully saturated rings. The van der Waals surface area contributed by atoms with Crippen molar-refractivity contribution in [2.75, 3.05) is 13.6 Å². The smallest absolute Gasteiger partial charge is 0.289 e. The van der Waals surface area contributed by atoms with E-state index < -0.39 is 17.4 Å². The van der Waals surface area contributed by atoms with Crippen molar-refractivity contribution in [1.29, 1.82) is 0 Å². The second-order valence-electron chi connectivity index (χ2n) is 9.34. The minimum absolute atomic E-state index is 0.197. The van der Waals surface area contributed by atoms with E-state index in [1.165, 1.54) is 13.3 Å². The fourth-order valence-electron chi connectivity index (χ4n) is 4.11. The third kappa shape index (κ3) is 4.46. The molecular weight excluding hydrogens is 434 g/mol. The highest BCUT2D eigenvalue weighted by Gasteiger charge is 2.36. The summed E-state index contributed by atoms with van der Waals surface area (Å²) >= 11 is 0. The molecule has 0 spiro atoms. The number of likely N-dealkylation sites (N-methyl/N-ethyl adjacent to an activating group) is 1. The molecule has 2 N–H and O–H groups in total. The molecule has 1 aromatic carbocycles. The van der Waals surface area contributed by atoms with Crippen LogP contribution in [0.2, 0.25) is 0 Å². The number of nitrogens with zero attached hydrogens (tertiary/aromatic N) is 3. The summed E-state index contributed by atoms with van der Waals surface area (Å²) in [4.78, 5) is 45.2. The second-order valence-corrected chi connectivity index (χ2v) is 9.34. The average Bonchev–Trinajstić information content (AvgIpc) is 3.49. The maximum absolute atomic E-state index is 13.5. The first-order valence-corrected chi connectivity index (χ1v) is 11.2. The zero-order chi connectivity index (χ0) is 24.5. The molecule has 1 aliphatic heterocycles. The van der Waals surface area contributed by atoms with E-state index in [2.05, 4.69) is 10.6 Å². The largest absolute Gasteiger partial charge is 0.459 e. The molecule has 4 rings (SSSR count). The number of furan rings is 1. The third-order valence-corrected chi connectivity index (χ3v) is 5.92. The van der Waals surface area contributed by atoms with Crippen molar-refractivity contribution in [3.63, 3.8) is 0 Å². The molecule has 0 saturated heterocycles. The van der Waals surface area contributed by atoms with Gasteiger partial charge in [-0.3, -0.25) is 14.4 Å². The lowest BCUT2D eigenvalue weighted by Gasteiger charge is -2.30. The summed E-state index contributed by atoms with van der Waals surface area (Å²) in [5.41, 5.74) is 1.17. The molecule has 34 heavy (non-hydrogen) atoms. The molecule has 178 valence electrons. The van der Waals surface area contributed by atoms with Crippen molar-refractivity contribution in [2.45, 2.75) is 39.9 Å². The van der Waals surface area contributed by atoms with Gasteiger partial charge in [0, 0.05) is 25.7 Å². The lowest BCUT2D eigenvalue weighted by Crippen LogP contribution is -2.53. The minimum Gasteiger partial charge on any atom is -0.459 e.